The molecule has 0 radical (unpaired) electrons. The van der Waals surface area contributed by atoms with Crippen molar-refractivity contribution in [1.29, 1.82) is 0 Å². The standard InChI is InChI=1S/C37H39FN2O5/c1-24(2)40-32(18-17-30(41)21-31(42)22-33(43)45-3)34(27-13-15-29(38)16-14-27)35(26-10-5-4-6-11-26)36(40)37(44)39-20-19-25-9-7-8-12-28(25)23-39/h4-18,24,30-31,41-42H,19-23H2,1-3H3/t30-,31-/m1/s1. The van der Waals surface area contributed by atoms with E-state index in [1.165, 1.54) is 24.8 Å². The molecule has 4 aromatic rings. The van der Waals surface area contributed by atoms with E-state index >= 15 is 0 Å². The van der Waals surface area contributed by atoms with E-state index in [0.717, 1.165) is 28.7 Å². The van der Waals surface area contributed by atoms with Gasteiger partial charge in [0.15, 0.2) is 0 Å². The molecule has 8 heteroatoms. The summed E-state index contributed by atoms with van der Waals surface area (Å²) in [6.07, 6.45) is 1.57. The molecule has 0 saturated heterocycles. The van der Waals surface area contributed by atoms with Crippen LogP contribution < -0.4 is 0 Å². The van der Waals surface area contributed by atoms with Crippen LogP contribution in [0.3, 0.4) is 0 Å². The summed E-state index contributed by atoms with van der Waals surface area (Å²) in [6, 6.07) is 23.9. The summed E-state index contributed by atoms with van der Waals surface area (Å²) in [7, 11) is 1.24. The Morgan fingerprint density at radius 2 is 1.56 bits per heavy atom. The van der Waals surface area contributed by atoms with Crippen LogP contribution in [0.4, 0.5) is 4.39 Å². The summed E-state index contributed by atoms with van der Waals surface area (Å²) < 4.78 is 20.8. The summed E-state index contributed by atoms with van der Waals surface area (Å²) in [5.41, 5.74) is 6.53. The Bertz CT molecular complexity index is 1680. The molecule has 2 atom stereocenters. The lowest BCUT2D eigenvalue weighted by Crippen LogP contribution is -2.37. The molecule has 0 spiro atoms. The van der Waals surface area contributed by atoms with E-state index in [9.17, 15) is 24.2 Å². The van der Waals surface area contributed by atoms with Crippen LogP contribution in [0.2, 0.25) is 0 Å². The first kappa shape index (κ1) is 31.9. The fourth-order valence-electron chi connectivity index (χ4n) is 6.05. The second-order valence-electron chi connectivity index (χ2n) is 11.7. The fourth-order valence-corrected chi connectivity index (χ4v) is 6.05. The number of rotatable bonds is 10. The number of carbonyl (C=O) groups is 2. The molecule has 234 valence electrons. The molecule has 1 aliphatic heterocycles. The van der Waals surface area contributed by atoms with E-state index < -0.39 is 18.2 Å². The second kappa shape index (κ2) is 14.1. The Balaban J connectivity index is 1.69. The van der Waals surface area contributed by atoms with Gasteiger partial charge in [-0.15, -0.1) is 0 Å². The third-order valence-electron chi connectivity index (χ3n) is 8.20. The first-order valence-corrected chi connectivity index (χ1v) is 15.2. The van der Waals surface area contributed by atoms with Gasteiger partial charge in [0, 0.05) is 42.4 Å². The van der Waals surface area contributed by atoms with E-state index in [4.69, 9.17) is 0 Å². The number of hydrogen-bond acceptors (Lipinski definition) is 5. The van der Waals surface area contributed by atoms with Crippen molar-refractivity contribution in [3.63, 3.8) is 0 Å². The van der Waals surface area contributed by atoms with Crippen molar-refractivity contribution in [2.45, 2.75) is 57.9 Å². The van der Waals surface area contributed by atoms with E-state index in [0.29, 0.717) is 30.0 Å². The van der Waals surface area contributed by atoms with Crippen molar-refractivity contribution in [2.75, 3.05) is 13.7 Å². The van der Waals surface area contributed by atoms with Crippen LogP contribution in [0, 0.1) is 5.82 Å². The number of methoxy groups -OCH3 is 1. The summed E-state index contributed by atoms with van der Waals surface area (Å²) in [5.74, 6) is -1.06. The predicted molar refractivity (Wildman–Crippen MR) is 173 cm³/mol. The van der Waals surface area contributed by atoms with Crippen molar-refractivity contribution in [3.8, 4) is 22.3 Å². The number of ether oxygens (including phenoxy) is 1. The number of benzene rings is 3. The Morgan fingerprint density at radius 3 is 2.22 bits per heavy atom. The summed E-state index contributed by atoms with van der Waals surface area (Å²) in [4.78, 5) is 28.2. The molecule has 5 rings (SSSR count). The molecule has 2 N–H and O–H groups in total. The predicted octanol–water partition coefficient (Wildman–Crippen LogP) is 6.43. The van der Waals surface area contributed by atoms with Crippen molar-refractivity contribution in [2.24, 2.45) is 0 Å². The normalized spacial score (nSPS) is 14.4. The van der Waals surface area contributed by atoms with E-state index in [1.807, 2.05) is 65.8 Å². The smallest absolute Gasteiger partial charge is 0.308 e. The van der Waals surface area contributed by atoms with Crippen LogP contribution in [0.25, 0.3) is 28.3 Å². The maximum atomic E-state index is 14.7. The highest BCUT2D eigenvalue weighted by Gasteiger charge is 2.33. The van der Waals surface area contributed by atoms with Gasteiger partial charge < -0.3 is 24.4 Å². The van der Waals surface area contributed by atoms with Crippen LogP contribution in [0.1, 0.15) is 60.0 Å². The number of amides is 1. The van der Waals surface area contributed by atoms with E-state index in [1.54, 1.807) is 24.3 Å². The number of nitrogens with zero attached hydrogens (tertiary/aromatic N) is 2. The summed E-state index contributed by atoms with van der Waals surface area (Å²) in [6.45, 7) is 5.06. The molecule has 45 heavy (non-hydrogen) atoms. The molecule has 2 heterocycles. The van der Waals surface area contributed by atoms with Gasteiger partial charge in [0.1, 0.15) is 11.5 Å². The minimum atomic E-state index is -1.09. The minimum absolute atomic E-state index is 0.0790. The van der Waals surface area contributed by atoms with Crippen LogP contribution in [0.5, 0.6) is 0 Å². The number of halogens is 1. The number of aliphatic hydroxyl groups is 2. The van der Waals surface area contributed by atoms with Gasteiger partial charge >= 0.3 is 5.97 Å². The SMILES string of the molecule is COC(=O)C[C@H](O)C[C@H](O)C=Cc1c(-c2ccc(F)cc2)c(-c2ccccc2)c(C(=O)N2CCc3ccccc3C2)n1C(C)C. The van der Waals surface area contributed by atoms with Crippen LogP contribution in [-0.4, -0.2) is 57.4 Å². The highest BCUT2D eigenvalue weighted by Crippen LogP contribution is 2.43. The molecule has 0 bridgehead atoms. The molecule has 0 aliphatic carbocycles. The van der Waals surface area contributed by atoms with Gasteiger partial charge in [0.25, 0.3) is 5.91 Å². The third-order valence-corrected chi connectivity index (χ3v) is 8.20. The van der Waals surface area contributed by atoms with Crippen LogP contribution in [-0.2, 0) is 22.5 Å². The van der Waals surface area contributed by atoms with Gasteiger partial charge in [-0.05, 0) is 60.7 Å². The Kier molecular flexibility index (Phi) is 9.96. The average Bonchev–Trinajstić information content (AvgIpc) is 3.39. The van der Waals surface area contributed by atoms with Gasteiger partial charge in [0.05, 0.1) is 25.7 Å². The molecular formula is C37H39FN2O5. The number of aromatic nitrogens is 1. The van der Waals surface area contributed by atoms with Gasteiger partial charge in [-0.1, -0.05) is 72.8 Å². The number of fused-ring (bicyclic) bond motifs is 1. The first-order valence-electron chi connectivity index (χ1n) is 15.2. The Hall–Kier alpha value is -4.53. The van der Waals surface area contributed by atoms with Crippen molar-refractivity contribution in [1.82, 2.24) is 9.47 Å². The fraction of sp³-hybridized carbons (Fsp3) is 0.297. The topological polar surface area (TPSA) is 92.0 Å². The Morgan fingerprint density at radius 1 is 0.911 bits per heavy atom. The molecule has 0 saturated carbocycles. The first-order chi connectivity index (χ1) is 21.7. The second-order valence-corrected chi connectivity index (χ2v) is 11.7. The maximum absolute atomic E-state index is 14.7. The molecule has 3 aromatic carbocycles. The third kappa shape index (κ3) is 7.08. The van der Waals surface area contributed by atoms with Gasteiger partial charge in [-0.25, -0.2) is 4.39 Å². The number of hydrogen-bond donors (Lipinski definition) is 2. The van der Waals surface area contributed by atoms with Gasteiger partial charge in [0.2, 0.25) is 0 Å². The highest BCUT2D eigenvalue weighted by molar-refractivity contribution is 6.06. The lowest BCUT2D eigenvalue weighted by molar-refractivity contribution is -0.143. The van der Waals surface area contributed by atoms with Gasteiger partial charge in [-0.2, -0.15) is 0 Å². The molecule has 1 aromatic heterocycles. The summed E-state index contributed by atoms with van der Waals surface area (Å²) >= 11 is 0. The Labute approximate surface area is 263 Å². The minimum Gasteiger partial charge on any atom is -0.469 e. The van der Waals surface area contributed by atoms with E-state index in [-0.39, 0.29) is 30.6 Å². The zero-order chi connectivity index (χ0) is 32.1. The number of aliphatic hydroxyl groups excluding tert-OH is 2. The number of esters is 1. The van der Waals surface area contributed by atoms with Gasteiger partial charge in [-0.3, -0.25) is 9.59 Å². The quantitative estimate of drug-likeness (QED) is 0.202. The monoisotopic (exact) mass is 610 g/mol. The summed E-state index contributed by atoms with van der Waals surface area (Å²) in [5, 5.41) is 21.2. The lowest BCUT2D eigenvalue weighted by Gasteiger charge is -2.30. The van der Waals surface area contributed by atoms with E-state index in [2.05, 4.69) is 16.9 Å². The van der Waals surface area contributed by atoms with Crippen LogP contribution >= 0.6 is 0 Å². The number of carbonyl (C=O) groups excluding carboxylic acids is 2. The molecule has 1 amide bonds. The zero-order valence-corrected chi connectivity index (χ0v) is 25.8. The molecular weight excluding hydrogens is 571 g/mol. The highest BCUT2D eigenvalue weighted by atomic mass is 19.1. The van der Waals surface area contributed by atoms with Crippen LogP contribution in [0.15, 0.2) is 84.9 Å². The van der Waals surface area contributed by atoms with Crippen molar-refractivity contribution < 1.29 is 28.9 Å². The molecule has 7 nitrogen and oxygen atoms in total. The maximum Gasteiger partial charge on any atom is 0.308 e. The molecule has 1 aliphatic rings. The van der Waals surface area contributed by atoms with Crippen molar-refractivity contribution >= 4 is 18.0 Å². The molecule has 0 unspecified atom stereocenters. The molecule has 0 fully saturated rings. The largest absolute Gasteiger partial charge is 0.469 e. The lowest BCUT2D eigenvalue weighted by atomic mass is 9.93. The van der Waals surface area contributed by atoms with Crippen molar-refractivity contribution in [3.05, 3.63) is 113 Å². The zero-order valence-electron chi connectivity index (χ0n) is 25.8. The average molecular weight is 611 g/mol.